The number of nitrogens with one attached hydrogen (secondary N) is 1. The van der Waals surface area contributed by atoms with Crippen LogP contribution in [0.1, 0.15) is 25.8 Å². The summed E-state index contributed by atoms with van der Waals surface area (Å²) in [7, 11) is 0. The van der Waals surface area contributed by atoms with Crippen LogP contribution in [0.25, 0.3) is 0 Å². The summed E-state index contributed by atoms with van der Waals surface area (Å²) in [5, 5.41) is 3.27. The van der Waals surface area contributed by atoms with Gasteiger partial charge in [0.05, 0.1) is 6.61 Å². The minimum Gasteiger partial charge on any atom is -0.490 e. The van der Waals surface area contributed by atoms with E-state index >= 15 is 0 Å². The van der Waals surface area contributed by atoms with Crippen LogP contribution in [-0.2, 0) is 6.54 Å². The molecule has 5 heteroatoms. The van der Waals surface area contributed by atoms with Crippen molar-refractivity contribution in [1.82, 2.24) is 5.32 Å². The number of hydrogen-bond acceptors (Lipinski definition) is 3. The Bertz CT molecular complexity index is 372. The summed E-state index contributed by atoms with van der Waals surface area (Å²) >= 11 is 0. The summed E-state index contributed by atoms with van der Waals surface area (Å²) < 4.78 is 34.7. The molecule has 1 aromatic rings. The molecule has 0 amide bonds. The van der Waals surface area contributed by atoms with Gasteiger partial charge >= 0.3 is 0 Å². The zero-order chi connectivity index (χ0) is 14.1. The lowest BCUT2D eigenvalue weighted by molar-refractivity contribution is 0.0800. The lowest BCUT2D eigenvalue weighted by atomic mass is 10.2. The van der Waals surface area contributed by atoms with Crippen molar-refractivity contribution >= 4 is 0 Å². The highest BCUT2D eigenvalue weighted by Crippen LogP contribution is 2.28. The van der Waals surface area contributed by atoms with Gasteiger partial charge in [-0.1, -0.05) is 13.0 Å². The molecule has 0 atom stereocenters. The van der Waals surface area contributed by atoms with Crippen LogP contribution in [0.2, 0.25) is 0 Å². The van der Waals surface area contributed by atoms with Crippen molar-refractivity contribution in [1.29, 1.82) is 0 Å². The molecule has 0 aliphatic heterocycles. The van der Waals surface area contributed by atoms with Gasteiger partial charge in [-0.05, 0) is 37.6 Å². The molecule has 0 saturated carbocycles. The summed E-state index contributed by atoms with van der Waals surface area (Å²) in [6, 6.07) is 5.36. The number of halogens is 2. The number of hydrogen-bond donors (Lipinski definition) is 1. The fraction of sp³-hybridized carbons (Fsp3) is 0.571. The second kappa shape index (κ2) is 8.69. The Labute approximate surface area is 112 Å². The van der Waals surface area contributed by atoms with Crippen molar-refractivity contribution in [2.24, 2.45) is 0 Å². The maximum Gasteiger partial charge on any atom is 0.272 e. The van der Waals surface area contributed by atoms with E-state index in [1.54, 1.807) is 6.07 Å². The average Bonchev–Trinajstić information content (AvgIpc) is 2.38. The van der Waals surface area contributed by atoms with Gasteiger partial charge < -0.3 is 14.8 Å². The first-order valence-electron chi connectivity index (χ1n) is 6.54. The molecule has 0 unspecified atom stereocenters. The minimum atomic E-state index is -2.49. The number of rotatable bonds is 9. The van der Waals surface area contributed by atoms with Gasteiger partial charge in [0, 0.05) is 6.54 Å². The molecule has 1 aromatic carbocycles. The lowest BCUT2D eigenvalue weighted by Gasteiger charge is -2.13. The van der Waals surface area contributed by atoms with Crippen molar-refractivity contribution in [2.45, 2.75) is 33.2 Å². The Balaban J connectivity index is 2.69. The predicted molar refractivity (Wildman–Crippen MR) is 71.1 cm³/mol. The van der Waals surface area contributed by atoms with Crippen LogP contribution < -0.4 is 14.8 Å². The Kier molecular flexibility index (Phi) is 7.18. The minimum absolute atomic E-state index is 0.362. The molecule has 1 rings (SSSR count). The zero-order valence-corrected chi connectivity index (χ0v) is 11.4. The molecule has 0 heterocycles. The Morgan fingerprint density at radius 2 is 1.95 bits per heavy atom. The molecule has 19 heavy (non-hydrogen) atoms. The molecule has 0 fully saturated rings. The molecule has 0 aromatic heterocycles. The normalized spacial score (nSPS) is 10.8. The zero-order valence-electron chi connectivity index (χ0n) is 11.4. The predicted octanol–water partition coefficient (Wildman–Crippen LogP) is 3.23. The van der Waals surface area contributed by atoms with Gasteiger partial charge in [-0.2, -0.15) is 0 Å². The molecular formula is C14H21F2NO2. The highest BCUT2D eigenvalue weighted by molar-refractivity contribution is 5.43. The molecular weight excluding hydrogens is 252 g/mol. The van der Waals surface area contributed by atoms with Gasteiger partial charge in [0.15, 0.2) is 11.5 Å². The van der Waals surface area contributed by atoms with Crippen LogP contribution in [-0.4, -0.2) is 26.2 Å². The van der Waals surface area contributed by atoms with Gasteiger partial charge in [0.1, 0.15) is 6.61 Å². The van der Waals surface area contributed by atoms with E-state index in [1.165, 1.54) is 0 Å². The van der Waals surface area contributed by atoms with E-state index < -0.39 is 13.0 Å². The van der Waals surface area contributed by atoms with Gasteiger partial charge in [0.25, 0.3) is 6.43 Å². The third-order valence-electron chi connectivity index (χ3n) is 2.43. The van der Waals surface area contributed by atoms with E-state index in [9.17, 15) is 8.78 Å². The second-order valence-electron chi connectivity index (χ2n) is 4.09. The summed E-state index contributed by atoms with van der Waals surface area (Å²) in [4.78, 5) is 0. The van der Waals surface area contributed by atoms with Crippen LogP contribution in [0.4, 0.5) is 8.78 Å². The molecule has 0 saturated heterocycles. The third-order valence-corrected chi connectivity index (χ3v) is 2.43. The fourth-order valence-electron chi connectivity index (χ4n) is 1.61. The third kappa shape index (κ3) is 5.87. The Morgan fingerprint density at radius 1 is 1.16 bits per heavy atom. The lowest BCUT2D eigenvalue weighted by Crippen LogP contribution is -2.14. The largest absolute Gasteiger partial charge is 0.490 e. The van der Waals surface area contributed by atoms with Crippen LogP contribution >= 0.6 is 0 Å². The van der Waals surface area contributed by atoms with E-state index in [0.717, 1.165) is 25.1 Å². The van der Waals surface area contributed by atoms with E-state index in [2.05, 4.69) is 12.2 Å². The number of benzene rings is 1. The summed E-state index contributed by atoms with van der Waals surface area (Å²) in [6.45, 7) is 5.46. The first kappa shape index (κ1) is 15.7. The maximum absolute atomic E-state index is 12.1. The van der Waals surface area contributed by atoms with E-state index in [1.807, 2.05) is 19.1 Å². The Morgan fingerprint density at radius 3 is 2.58 bits per heavy atom. The van der Waals surface area contributed by atoms with Crippen LogP contribution in [0, 0.1) is 0 Å². The first-order valence-corrected chi connectivity index (χ1v) is 6.54. The summed E-state index contributed by atoms with van der Waals surface area (Å²) in [5.41, 5.74) is 1.04. The smallest absolute Gasteiger partial charge is 0.272 e. The second-order valence-corrected chi connectivity index (χ2v) is 4.09. The molecule has 0 aliphatic rings. The topological polar surface area (TPSA) is 30.5 Å². The van der Waals surface area contributed by atoms with Crippen molar-refractivity contribution in [3.63, 3.8) is 0 Å². The van der Waals surface area contributed by atoms with Crippen molar-refractivity contribution in [3.05, 3.63) is 23.8 Å². The molecule has 0 radical (unpaired) electrons. The molecule has 108 valence electrons. The SMILES string of the molecule is CCCNCc1ccc(OCC(F)F)c(OCC)c1. The van der Waals surface area contributed by atoms with Gasteiger partial charge in [-0.3, -0.25) is 0 Å². The van der Waals surface area contributed by atoms with Gasteiger partial charge in [-0.25, -0.2) is 8.78 Å². The monoisotopic (exact) mass is 273 g/mol. The van der Waals surface area contributed by atoms with Crippen molar-refractivity contribution in [3.8, 4) is 11.5 Å². The number of alkyl halides is 2. The first-order chi connectivity index (χ1) is 9.17. The van der Waals surface area contributed by atoms with Crippen LogP contribution in [0.3, 0.4) is 0 Å². The highest BCUT2D eigenvalue weighted by atomic mass is 19.3. The number of ether oxygens (including phenoxy) is 2. The molecule has 0 spiro atoms. The van der Waals surface area contributed by atoms with E-state index in [0.29, 0.717) is 18.1 Å². The Hall–Kier alpha value is -1.36. The molecule has 3 nitrogen and oxygen atoms in total. The molecule has 1 N–H and O–H groups in total. The van der Waals surface area contributed by atoms with Crippen molar-refractivity contribution in [2.75, 3.05) is 19.8 Å². The highest BCUT2D eigenvalue weighted by Gasteiger charge is 2.09. The van der Waals surface area contributed by atoms with Gasteiger partial charge in [0.2, 0.25) is 0 Å². The molecule has 0 aliphatic carbocycles. The van der Waals surface area contributed by atoms with E-state index in [-0.39, 0.29) is 0 Å². The van der Waals surface area contributed by atoms with Crippen LogP contribution in [0.5, 0.6) is 11.5 Å². The van der Waals surface area contributed by atoms with Crippen molar-refractivity contribution < 1.29 is 18.3 Å². The fourth-order valence-corrected chi connectivity index (χ4v) is 1.61. The molecule has 0 bridgehead atoms. The van der Waals surface area contributed by atoms with E-state index in [4.69, 9.17) is 9.47 Å². The quantitative estimate of drug-likeness (QED) is 0.701. The van der Waals surface area contributed by atoms with Crippen LogP contribution in [0.15, 0.2) is 18.2 Å². The standard InChI is InChI=1S/C14H21F2NO2/c1-3-7-17-9-11-5-6-12(19-10-14(15)16)13(8-11)18-4-2/h5-6,8,14,17H,3-4,7,9-10H2,1-2H3. The van der Waals surface area contributed by atoms with Gasteiger partial charge in [-0.15, -0.1) is 0 Å². The maximum atomic E-state index is 12.1. The summed E-state index contributed by atoms with van der Waals surface area (Å²) in [5.74, 6) is 0.875. The summed E-state index contributed by atoms with van der Waals surface area (Å²) in [6.07, 6.45) is -1.42. The average molecular weight is 273 g/mol.